The molecule has 2 heterocycles. The molecule has 1 amide bonds. The molecule has 0 radical (unpaired) electrons. The predicted octanol–water partition coefficient (Wildman–Crippen LogP) is 1.18. The van der Waals surface area contributed by atoms with Crippen molar-refractivity contribution in [2.45, 2.75) is 18.1 Å². The normalized spacial score (nSPS) is 20.3. The van der Waals surface area contributed by atoms with Gasteiger partial charge in [-0.2, -0.15) is 0 Å². The van der Waals surface area contributed by atoms with Gasteiger partial charge in [0.05, 0.1) is 0 Å². The largest absolute Gasteiger partial charge is 0.353 e. The number of hydrogen-bond donors (Lipinski definition) is 1. The maximum absolute atomic E-state index is 11.6. The summed E-state index contributed by atoms with van der Waals surface area (Å²) in [5.74, 6) is 0.716. The third kappa shape index (κ3) is 2.63. The fourth-order valence-corrected chi connectivity index (χ4v) is 2.32. The molecule has 2 rings (SSSR count). The highest BCUT2D eigenvalue weighted by Gasteiger charge is 2.26. The first-order valence-electron chi connectivity index (χ1n) is 5.24. The maximum atomic E-state index is 11.6. The van der Waals surface area contributed by atoms with E-state index in [4.69, 9.17) is 11.6 Å². The fourth-order valence-electron chi connectivity index (χ4n) is 1.72. The van der Waals surface area contributed by atoms with E-state index in [1.54, 1.807) is 6.07 Å². The molecular weight excluding hydrogens is 260 g/mol. The third-order valence-electron chi connectivity index (χ3n) is 2.64. The van der Waals surface area contributed by atoms with E-state index < -0.39 is 0 Å². The van der Waals surface area contributed by atoms with Crippen molar-refractivity contribution in [3.63, 3.8) is 0 Å². The standard InChI is InChI=1S/C10H13ClN4OS/c1-6-9(16)12-3-4-15(6)8-5-7(11)13-10(14-8)17-2/h5-6H,3-4H2,1-2H3,(H,12,16). The molecule has 0 aliphatic carbocycles. The Kier molecular flexibility index (Phi) is 3.73. The molecule has 1 aromatic heterocycles. The molecular formula is C10H13ClN4OS. The molecule has 0 spiro atoms. The lowest BCUT2D eigenvalue weighted by Crippen LogP contribution is -2.54. The zero-order chi connectivity index (χ0) is 12.4. The van der Waals surface area contributed by atoms with Crippen LogP contribution in [0.2, 0.25) is 5.15 Å². The van der Waals surface area contributed by atoms with Gasteiger partial charge in [-0.15, -0.1) is 0 Å². The summed E-state index contributed by atoms with van der Waals surface area (Å²) in [4.78, 5) is 22.0. The molecule has 1 aliphatic rings. The van der Waals surface area contributed by atoms with Gasteiger partial charge in [0, 0.05) is 19.2 Å². The first-order valence-corrected chi connectivity index (χ1v) is 6.85. The number of halogens is 1. The summed E-state index contributed by atoms with van der Waals surface area (Å²) in [5, 5.41) is 3.83. The molecule has 0 aromatic carbocycles. The van der Waals surface area contributed by atoms with Crippen LogP contribution >= 0.6 is 23.4 Å². The van der Waals surface area contributed by atoms with Crippen LogP contribution in [0.5, 0.6) is 0 Å². The van der Waals surface area contributed by atoms with E-state index >= 15 is 0 Å². The lowest BCUT2D eigenvalue weighted by atomic mass is 10.2. The Morgan fingerprint density at radius 2 is 2.35 bits per heavy atom. The molecule has 1 fully saturated rings. The van der Waals surface area contributed by atoms with Gasteiger partial charge in [0.2, 0.25) is 5.91 Å². The predicted molar refractivity (Wildman–Crippen MR) is 68.6 cm³/mol. The van der Waals surface area contributed by atoms with Crippen LogP contribution in [0.15, 0.2) is 11.2 Å². The number of piperazine rings is 1. The second kappa shape index (κ2) is 5.10. The average Bonchev–Trinajstić information content (AvgIpc) is 2.31. The van der Waals surface area contributed by atoms with Crippen LogP contribution in [0.25, 0.3) is 0 Å². The van der Waals surface area contributed by atoms with Crippen molar-refractivity contribution in [1.82, 2.24) is 15.3 Å². The molecule has 1 aromatic rings. The number of carbonyl (C=O) groups is 1. The smallest absolute Gasteiger partial charge is 0.242 e. The molecule has 7 heteroatoms. The lowest BCUT2D eigenvalue weighted by Gasteiger charge is -2.33. The van der Waals surface area contributed by atoms with E-state index in [0.717, 1.165) is 6.54 Å². The molecule has 1 atom stereocenters. The van der Waals surface area contributed by atoms with Gasteiger partial charge in [-0.1, -0.05) is 23.4 Å². The minimum Gasteiger partial charge on any atom is -0.353 e. The van der Waals surface area contributed by atoms with Crippen LogP contribution in [0.3, 0.4) is 0 Å². The van der Waals surface area contributed by atoms with Crippen LogP contribution in [-0.2, 0) is 4.79 Å². The number of thioether (sulfide) groups is 1. The number of aromatic nitrogens is 2. The van der Waals surface area contributed by atoms with E-state index in [0.29, 0.717) is 22.7 Å². The number of hydrogen-bond acceptors (Lipinski definition) is 5. The van der Waals surface area contributed by atoms with Crippen LogP contribution in [-0.4, -0.2) is 41.3 Å². The third-order valence-corrected chi connectivity index (χ3v) is 3.38. The van der Waals surface area contributed by atoms with E-state index in [1.165, 1.54) is 11.8 Å². The number of rotatable bonds is 2. The van der Waals surface area contributed by atoms with Crippen molar-refractivity contribution < 1.29 is 4.79 Å². The van der Waals surface area contributed by atoms with E-state index in [-0.39, 0.29) is 11.9 Å². The van der Waals surface area contributed by atoms with Crippen LogP contribution in [0, 0.1) is 0 Å². The Bertz CT molecular complexity index is 442. The Morgan fingerprint density at radius 3 is 3.06 bits per heavy atom. The summed E-state index contributed by atoms with van der Waals surface area (Å²) in [6.45, 7) is 3.21. The first-order chi connectivity index (χ1) is 8.11. The second-order valence-electron chi connectivity index (χ2n) is 3.70. The van der Waals surface area contributed by atoms with E-state index in [1.807, 2.05) is 18.1 Å². The first kappa shape index (κ1) is 12.4. The average molecular weight is 273 g/mol. The lowest BCUT2D eigenvalue weighted by molar-refractivity contribution is -0.122. The summed E-state index contributed by atoms with van der Waals surface area (Å²) < 4.78 is 0. The van der Waals surface area contributed by atoms with Gasteiger partial charge in [-0.05, 0) is 13.2 Å². The summed E-state index contributed by atoms with van der Waals surface area (Å²) in [6, 6.07) is 1.46. The van der Waals surface area contributed by atoms with Crippen molar-refractivity contribution in [3.05, 3.63) is 11.2 Å². The van der Waals surface area contributed by atoms with Crippen molar-refractivity contribution >= 4 is 35.1 Å². The number of nitrogens with zero attached hydrogens (tertiary/aromatic N) is 3. The summed E-state index contributed by atoms with van der Waals surface area (Å²) in [5.41, 5.74) is 0. The van der Waals surface area contributed by atoms with E-state index in [9.17, 15) is 4.79 Å². The fraction of sp³-hybridized carbons (Fsp3) is 0.500. The minimum absolute atomic E-state index is 0.0108. The summed E-state index contributed by atoms with van der Waals surface area (Å²) >= 11 is 7.37. The van der Waals surface area contributed by atoms with Crippen LogP contribution in [0.4, 0.5) is 5.82 Å². The molecule has 1 saturated heterocycles. The number of nitrogens with one attached hydrogen (secondary N) is 1. The second-order valence-corrected chi connectivity index (χ2v) is 4.86. The molecule has 1 N–H and O–H groups in total. The Labute approximate surface area is 109 Å². The molecule has 1 aliphatic heterocycles. The number of carbonyl (C=O) groups excluding carboxylic acids is 1. The van der Waals surface area contributed by atoms with Crippen molar-refractivity contribution in [3.8, 4) is 0 Å². The molecule has 17 heavy (non-hydrogen) atoms. The molecule has 0 bridgehead atoms. The van der Waals surface area contributed by atoms with Gasteiger partial charge >= 0.3 is 0 Å². The highest BCUT2D eigenvalue weighted by Crippen LogP contribution is 2.22. The van der Waals surface area contributed by atoms with Crippen molar-refractivity contribution in [1.29, 1.82) is 0 Å². The van der Waals surface area contributed by atoms with Crippen molar-refractivity contribution in [2.24, 2.45) is 0 Å². The Balaban J connectivity index is 2.32. The van der Waals surface area contributed by atoms with Crippen LogP contribution in [0.1, 0.15) is 6.92 Å². The monoisotopic (exact) mass is 272 g/mol. The Hall–Kier alpha value is -1.01. The highest BCUT2D eigenvalue weighted by atomic mass is 35.5. The number of amides is 1. The van der Waals surface area contributed by atoms with Gasteiger partial charge < -0.3 is 10.2 Å². The van der Waals surface area contributed by atoms with Gasteiger partial charge in [-0.3, -0.25) is 4.79 Å². The maximum Gasteiger partial charge on any atom is 0.242 e. The van der Waals surface area contributed by atoms with Crippen LogP contribution < -0.4 is 10.2 Å². The van der Waals surface area contributed by atoms with E-state index in [2.05, 4.69) is 15.3 Å². The topological polar surface area (TPSA) is 58.1 Å². The zero-order valence-electron chi connectivity index (χ0n) is 9.61. The quantitative estimate of drug-likeness (QED) is 0.498. The zero-order valence-corrected chi connectivity index (χ0v) is 11.2. The minimum atomic E-state index is -0.232. The van der Waals surface area contributed by atoms with Gasteiger partial charge in [0.25, 0.3) is 0 Å². The SMILES string of the molecule is CSc1nc(Cl)cc(N2CCNC(=O)C2C)n1. The van der Waals surface area contributed by atoms with Crippen molar-refractivity contribution in [2.75, 3.05) is 24.2 Å². The summed E-state index contributed by atoms with van der Waals surface area (Å²) in [6.07, 6.45) is 1.89. The summed E-state index contributed by atoms with van der Waals surface area (Å²) in [7, 11) is 0. The van der Waals surface area contributed by atoms with Gasteiger partial charge in [0.1, 0.15) is 17.0 Å². The molecule has 0 saturated carbocycles. The molecule has 5 nitrogen and oxygen atoms in total. The van der Waals surface area contributed by atoms with Gasteiger partial charge in [0.15, 0.2) is 5.16 Å². The molecule has 92 valence electrons. The Morgan fingerprint density at radius 1 is 1.59 bits per heavy atom. The number of anilines is 1. The molecule has 1 unspecified atom stereocenters. The highest BCUT2D eigenvalue weighted by molar-refractivity contribution is 7.98. The van der Waals surface area contributed by atoms with Gasteiger partial charge in [-0.25, -0.2) is 9.97 Å².